The van der Waals surface area contributed by atoms with Crippen LogP contribution in [-0.2, 0) is 14.3 Å². The maximum Gasteiger partial charge on any atom is 0.325 e. The van der Waals surface area contributed by atoms with Crippen molar-refractivity contribution in [2.75, 3.05) is 13.2 Å². The van der Waals surface area contributed by atoms with Gasteiger partial charge in [0.1, 0.15) is 18.0 Å². The van der Waals surface area contributed by atoms with Gasteiger partial charge in [0, 0.05) is 17.6 Å². The highest BCUT2D eigenvalue weighted by Gasteiger charge is 2.29. The highest BCUT2D eigenvalue weighted by molar-refractivity contribution is 5.96. The van der Waals surface area contributed by atoms with Crippen molar-refractivity contribution in [2.24, 2.45) is 0 Å². The van der Waals surface area contributed by atoms with E-state index in [0.717, 1.165) is 19.3 Å². The molecule has 0 radical (unpaired) electrons. The summed E-state index contributed by atoms with van der Waals surface area (Å²) < 4.78 is 10.7. The fraction of sp³-hybridized carbons (Fsp3) is 0.375. The highest BCUT2D eigenvalue weighted by atomic mass is 16.5. The van der Waals surface area contributed by atoms with Gasteiger partial charge in [0.2, 0.25) is 0 Å². The highest BCUT2D eigenvalue weighted by Crippen LogP contribution is 2.23. The maximum absolute atomic E-state index is 12.4. The van der Waals surface area contributed by atoms with Crippen molar-refractivity contribution >= 4 is 17.8 Å². The molecule has 2 aromatic carbocycles. The number of amides is 2. The molecule has 3 rings (SSSR count). The average Bonchev–Trinajstić information content (AvgIpc) is 2.77. The summed E-state index contributed by atoms with van der Waals surface area (Å²) in [5.41, 5.74) is 0.389. The van der Waals surface area contributed by atoms with Gasteiger partial charge in [-0.25, -0.2) is 0 Å². The minimum atomic E-state index is -0.650. The van der Waals surface area contributed by atoms with Crippen molar-refractivity contribution in [3.05, 3.63) is 60.2 Å². The Kier molecular flexibility index (Phi) is 7.65. The second-order valence-corrected chi connectivity index (χ2v) is 7.71. The van der Waals surface area contributed by atoms with Crippen molar-refractivity contribution < 1.29 is 23.9 Å². The number of carbonyl (C=O) groups is 3. The van der Waals surface area contributed by atoms with Crippen LogP contribution in [0.25, 0.3) is 0 Å². The molecule has 1 saturated heterocycles. The zero-order chi connectivity index (χ0) is 22.2. The van der Waals surface area contributed by atoms with E-state index in [4.69, 9.17) is 9.47 Å². The molecule has 0 aromatic heterocycles. The lowest BCUT2D eigenvalue weighted by Gasteiger charge is -2.38. The first-order valence-corrected chi connectivity index (χ1v) is 10.5. The van der Waals surface area contributed by atoms with E-state index < -0.39 is 11.9 Å². The molecule has 7 nitrogen and oxygen atoms in total. The Hall–Kier alpha value is -3.35. The molecule has 2 atom stereocenters. The number of hydrogen-bond donors (Lipinski definition) is 1. The average molecular weight is 424 g/mol. The minimum absolute atomic E-state index is 0.142. The van der Waals surface area contributed by atoms with Crippen LogP contribution in [0.3, 0.4) is 0 Å². The third kappa shape index (κ3) is 6.31. The van der Waals surface area contributed by atoms with Gasteiger partial charge in [-0.05, 0) is 69.5 Å². The molecule has 31 heavy (non-hydrogen) atoms. The van der Waals surface area contributed by atoms with Crippen LogP contribution in [0, 0.1) is 0 Å². The number of piperidine rings is 1. The van der Waals surface area contributed by atoms with E-state index in [1.54, 1.807) is 29.2 Å². The molecule has 1 aliphatic heterocycles. The summed E-state index contributed by atoms with van der Waals surface area (Å²) in [5, 5.41) is 2.51. The first kappa shape index (κ1) is 22.3. The van der Waals surface area contributed by atoms with Gasteiger partial charge in [-0.2, -0.15) is 0 Å². The lowest BCUT2D eigenvalue weighted by atomic mass is 9.97. The normalized spacial score (nSPS) is 18.2. The molecule has 0 spiro atoms. The smallest absolute Gasteiger partial charge is 0.325 e. The van der Waals surface area contributed by atoms with Crippen molar-refractivity contribution in [3.8, 4) is 11.5 Å². The number of rotatable bonds is 7. The first-order valence-electron chi connectivity index (χ1n) is 10.5. The van der Waals surface area contributed by atoms with Gasteiger partial charge < -0.3 is 19.7 Å². The van der Waals surface area contributed by atoms with E-state index in [9.17, 15) is 14.4 Å². The van der Waals surface area contributed by atoms with Gasteiger partial charge in [-0.3, -0.25) is 14.4 Å². The summed E-state index contributed by atoms with van der Waals surface area (Å²) in [6.45, 7) is 3.39. The van der Waals surface area contributed by atoms with Crippen molar-refractivity contribution in [1.82, 2.24) is 10.2 Å². The number of nitrogens with one attached hydrogen (secondary N) is 1. The monoisotopic (exact) mass is 424 g/mol. The first-order chi connectivity index (χ1) is 14.9. The summed E-state index contributed by atoms with van der Waals surface area (Å²) in [5.74, 6) is 0.0383. The molecule has 2 aromatic rings. The summed E-state index contributed by atoms with van der Waals surface area (Å²) in [7, 11) is 0. The van der Waals surface area contributed by atoms with Gasteiger partial charge in [-0.15, -0.1) is 0 Å². The fourth-order valence-corrected chi connectivity index (χ4v) is 3.73. The maximum atomic E-state index is 12.4. The van der Waals surface area contributed by atoms with Crippen LogP contribution >= 0.6 is 0 Å². The SMILES string of the molecule is C[C@@H]1CCC[C@@H](C)N1C(=O)COC(=O)CNC(=O)c1ccc(Oc2ccccc2)cc1. The summed E-state index contributed by atoms with van der Waals surface area (Å²) >= 11 is 0. The Morgan fingerprint density at radius 2 is 1.55 bits per heavy atom. The third-order valence-electron chi connectivity index (χ3n) is 5.33. The Balaban J connectivity index is 1.42. The quantitative estimate of drug-likeness (QED) is 0.687. The Labute approximate surface area is 182 Å². The summed E-state index contributed by atoms with van der Waals surface area (Å²) in [6, 6.07) is 16.2. The number of nitrogens with zero attached hydrogens (tertiary/aromatic N) is 1. The predicted molar refractivity (Wildman–Crippen MR) is 116 cm³/mol. The standard InChI is InChI=1S/C24H28N2O5/c1-17-7-6-8-18(2)26(17)22(27)16-30-23(28)15-25-24(29)19-11-13-21(14-12-19)31-20-9-4-3-5-10-20/h3-5,9-14,17-18H,6-8,15-16H2,1-2H3,(H,25,29)/t17-,18-/m1/s1. The van der Waals surface area contributed by atoms with Gasteiger partial charge in [0.25, 0.3) is 11.8 Å². The van der Waals surface area contributed by atoms with Crippen LogP contribution in [0.4, 0.5) is 0 Å². The minimum Gasteiger partial charge on any atom is -0.457 e. The van der Waals surface area contributed by atoms with E-state index in [0.29, 0.717) is 17.1 Å². The second-order valence-electron chi connectivity index (χ2n) is 7.71. The van der Waals surface area contributed by atoms with Crippen LogP contribution in [0.1, 0.15) is 43.5 Å². The zero-order valence-electron chi connectivity index (χ0n) is 17.9. The van der Waals surface area contributed by atoms with E-state index in [1.807, 2.05) is 44.2 Å². The number of likely N-dealkylation sites (tertiary alicyclic amines) is 1. The molecular formula is C24H28N2O5. The number of hydrogen-bond acceptors (Lipinski definition) is 5. The Bertz CT molecular complexity index is 888. The number of ether oxygens (including phenoxy) is 2. The lowest BCUT2D eigenvalue weighted by molar-refractivity contribution is -0.154. The molecule has 1 aliphatic rings. The van der Waals surface area contributed by atoms with Crippen molar-refractivity contribution in [3.63, 3.8) is 0 Å². The van der Waals surface area contributed by atoms with Crippen LogP contribution in [0.5, 0.6) is 11.5 Å². The fourth-order valence-electron chi connectivity index (χ4n) is 3.73. The molecule has 2 amide bonds. The molecule has 0 saturated carbocycles. The van der Waals surface area contributed by atoms with Crippen molar-refractivity contribution in [2.45, 2.75) is 45.2 Å². The number of benzene rings is 2. The van der Waals surface area contributed by atoms with Crippen LogP contribution in [0.15, 0.2) is 54.6 Å². The number of esters is 1. The summed E-state index contributed by atoms with van der Waals surface area (Å²) in [6.07, 6.45) is 3.00. The zero-order valence-corrected chi connectivity index (χ0v) is 17.9. The molecule has 0 aliphatic carbocycles. The third-order valence-corrected chi connectivity index (χ3v) is 5.33. The molecule has 1 N–H and O–H groups in total. The van der Waals surface area contributed by atoms with Gasteiger partial charge in [0.15, 0.2) is 6.61 Å². The van der Waals surface area contributed by atoms with Crippen LogP contribution in [0.2, 0.25) is 0 Å². The van der Waals surface area contributed by atoms with Gasteiger partial charge in [-0.1, -0.05) is 18.2 Å². The molecule has 7 heteroatoms. The molecule has 164 valence electrons. The van der Waals surface area contributed by atoms with Crippen LogP contribution < -0.4 is 10.1 Å². The molecule has 0 bridgehead atoms. The topological polar surface area (TPSA) is 84.9 Å². The molecule has 0 unspecified atom stereocenters. The van der Waals surface area contributed by atoms with Crippen molar-refractivity contribution in [1.29, 1.82) is 0 Å². The van der Waals surface area contributed by atoms with Crippen LogP contribution in [-0.4, -0.2) is 47.9 Å². The molecular weight excluding hydrogens is 396 g/mol. The lowest BCUT2D eigenvalue weighted by Crippen LogP contribution is -2.49. The molecule has 1 fully saturated rings. The van der Waals surface area contributed by atoms with E-state index in [-0.39, 0.29) is 31.1 Å². The largest absolute Gasteiger partial charge is 0.457 e. The van der Waals surface area contributed by atoms with E-state index in [2.05, 4.69) is 5.32 Å². The van der Waals surface area contributed by atoms with E-state index in [1.165, 1.54) is 0 Å². The second kappa shape index (κ2) is 10.6. The molecule has 1 heterocycles. The Morgan fingerprint density at radius 1 is 0.935 bits per heavy atom. The van der Waals surface area contributed by atoms with Gasteiger partial charge >= 0.3 is 5.97 Å². The Morgan fingerprint density at radius 3 is 2.19 bits per heavy atom. The predicted octanol–water partition coefficient (Wildman–Crippen LogP) is 3.54. The van der Waals surface area contributed by atoms with E-state index >= 15 is 0 Å². The number of carbonyl (C=O) groups excluding carboxylic acids is 3. The summed E-state index contributed by atoms with van der Waals surface area (Å²) in [4.78, 5) is 38.4. The number of para-hydroxylation sites is 1. The van der Waals surface area contributed by atoms with Gasteiger partial charge in [0.05, 0.1) is 0 Å².